The summed E-state index contributed by atoms with van der Waals surface area (Å²) in [7, 11) is 0. The molecule has 148 valence electrons. The number of rotatable bonds is 2. The Morgan fingerprint density at radius 3 is 2.56 bits per heavy atom. The SMILES string of the molecule is CC(=O)O[C@]1(C(C)=O)CC[C@H]2[C@@H]3CCC4=CC(=O)CC[C@H]4[C@H]3[C@@H](C)C[C@@]21C. The molecular formula is C23H32O4. The number of carbonyl (C=O) groups excluding carboxylic acids is 3. The van der Waals surface area contributed by atoms with Crippen LogP contribution in [-0.2, 0) is 19.1 Å². The summed E-state index contributed by atoms with van der Waals surface area (Å²) in [4.78, 5) is 36.6. The summed E-state index contributed by atoms with van der Waals surface area (Å²) < 4.78 is 5.84. The molecular weight excluding hydrogens is 340 g/mol. The molecule has 0 N–H and O–H groups in total. The van der Waals surface area contributed by atoms with Crippen LogP contribution in [-0.4, -0.2) is 23.1 Å². The Morgan fingerprint density at radius 1 is 1.15 bits per heavy atom. The van der Waals surface area contributed by atoms with Gasteiger partial charge in [0.2, 0.25) is 0 Å². The first-order chi connectivity index (χ1) is 12.7. The van der Waals surface area contributed by atoms with Crippen molar-refractivity contribution in [1.29, 1.82) is 0 Å². The Hall–Kier alpha value is -1.45. The minimum Gasteiger partial charge on any atom is -0.451 e. The first-order valence-corrected chi connectivity index (χ1v) is 10.6. The van der Waals surface area contributed by atoms with Crippen molar-refractivity contribution in [2.24, 2.45) is 35.0 Å². The summed E-state index contributed by atoms with van der Waals surface area (Å²) in [6, 6.07) is 0. The fourth-order valence-electron chi connectivity index (χ4n) is 7.81. The Morgan fingerprint density at radius 2 is 1.89 bits per heavy atom. The Balaban J connectivity index is 1.71. The number of Topliss-reactive ketones (excluding diaryl/α,β-unsaturated/α-hetero) is 1. The van der Waals surface area contributed by atoms with E-state index in [4.69, 9.17) is 4.74 Å². The van der Waals surface area contributed by atoms with Crippen LogP contribution >= 0.6 is 0 Å². The van der Waals surface area contributed by atoms with Crippen molar-refractivity contribution in [2.45, 2.75) is 78.2 Å². The van der Waals surface area contributed by atoms with Gasteiger partial charge in [-0.25, -0.2) is 0 Å². The molecule has 0 saturated heterocycles. The summed E-state index contributed by atoms with van der Waals surface area (Å²) in [5.74, 6) is 2.52. The predicted molar refractivity (Wildman–Crippen MR) is 102 cm³/mol. The highest BCUT2D eigenvalue weighted by molar-refractivity contribution is 5.91. The fraction of sp³-hybridized carbons (Fsp3) is 0.783. The third-order valence-corrected chi connectivity index (χ3v) is 8.60. The van der Waals surface area contributed by atoms with Crippen LogP contribution in [0.25, 0.3) is 0 Å². The van der Waals surface area contributed by atoms with E-state index in [1.165, 1.54) is 12.5 Å². The smallest absolute Gasteiger partial charge is 0.303 e. The van der Waals surface area contributed by atoms with E-state index in [9.17, 15) is 14.4 Å². The molecule has 4 aliphatic carbocycles. The molecule has 0 amide bonds. The second-order valence-corrected chi connectivity index (χ2v) is 9.83. The van der Waals surface area contributed by atoms with Crippen molar-refractivity contribution in [3.8, 4) is 0 Å². The summed E-state index contributed by atoms with van der Waals surface area (Å²) in [6.45, 7) is 7.54. The number of ketones is 2. The van der Waals surface area contributed by atoms with Crippen molar-refractivity contribution in [3.05, 3.63) is 11.6 Å². The Kier molecular flexibility index (Phi) is 4.40. The number of ether oxygens (including phenoxy) is 1. The monoisotopic (exact) mass is 372 g/mol. The number of hydrogen-bond acceptors (Lipinski definition) is 4. The van der Waals surface area contributed by atoms with Gasteiger partial charge in [0.15, 0.2) is 17.2 Å². The van der Waals surface area contributed by atoms with Crippen molar-refractivity contribution >= 4 is 17.5 Å². The van der Waals surface area contributed by atoms with E-state index in [0.717, 1.165) is 32.1 Å². The zero-order valence-electron chi connectivity index (χ0n) is 17.0. The summed E-state index contributed by atoms with van der Waals surface area (Å²) in [5, 5.41) is 0. The first kappa shape index (κ1) is 18.9. The molecule has 4 aliphatic rings. The highest BCUT2D eigenvalue weighted by Crippen LogP contribution is 2.67. The zero-order chi connectivity index (χ0) is 19.6. The van der Waals surface area contributed by atoms with Crippen LogP contribution in [0.1, 0.15) is 72.6 Å². The third kappa shape index (κ3) is 2.58. The molecule has 0 aromatic rings. The standard InChI is InChI=1S/C23H32O4/c1-13-12-22(4)20(9-10-23(22,14(2)24)27-15(3)25)19-7-5-16-11-17(26)6-8-18(16)21(13)19/h11,13,18-21H,5-10,12H2,1-4H3/t13-,18+,19-,20-,21+,22-,23-/m0/s1. The molecule has 0 aliphatic heterocycles. The summed E-state index contributed by atoms with van der Waals surface area (Å²) in [6.07, 6.45) is 8.24. The molecule has 0 aromatic carbocycles. The van der Waals surface area contributed by atoms with Crippen LogP contribution in [0, 0.1) is 35.0 Å². The average Bonchev–Trinajstić information content (AvgIpc) is 2.87. The summed E-state index contributed by atoms with van der Waals surface area (Å²) in [5.41, 5.74) is 0.136. The quantitative estimate of drug-likeness (QED) is 0.679. The molecule has 7 atom stereocenters. The van der Waals surface area contributed by atoms with Gasteiger partial charge in [-0.15, -0.1) is 0 Å². The van der Waals surface area contributed by atoms with Crippen LogP contribution in [0.3, 0.4) is 0 Å². The largest absolute Gasteiger partial charge is 0.451 e. The lowest BCUT2D eigenvalue weighted by Crippen LogP contribution is -2.59. The van der Waals surface area contributed by atoms with Crippen LogP contribution in [0.4, 0.5) is 0 Å². The van der Waals surface area contributed by atoms with Gasteiger partial charge in [-0.1, -0.05) is 19.4 Å². The second-order valence-electron chi connectivity index (χ2n) is 9.83. The summed E-state index contributed by atoms with van der Waals surface area (Å²) >= 11 is 0. The molecule has 0 aromatic heterocycles. The molecule has 3 fully saturated rings. The maximum Gasteiger partial charge on any atom is 0.303 e. The van der Waals surface area contributed by atoms with E-state index in [0.29, 0.717) is 48.2 Å². The number of esters is 1. The van der Waals surface area contributed by atoms with Crippen LogP contribution in [0.5, 0.6) is 0 Å². The first-order valence-electron chi connectivity index (χ1n) is 10.6. The van der Waals surface area contributed by atoms with Crippen LogP contribution in [0.2, 0.25) is 0 Å². The second kappa shape index (κ2) is 6.28. The van der Waals surface area contributed by atoms with Gasteiger partial charge < -0.3 is 4.74 Å². The van der Waals surface area contributed by atoms with Crippen LogP contribution in [0.15, 0.2) is 11.6 Å². The number of carbonyl (C=O) groups is 3. The van der Waals surface area contributed by atoms with E-state index in [1.54, 1.807) is 6.92 Å². The number of fused-ring (bicyclic) bond motifs is 5. The lowest BCUT2D eigenvalue weighted by Gasteiger charge is -2.58. The normalized spacial score (nSPS) is 46.0. The number of hydrogen-bond donors (Lipinski definition) is 0. The van der Waals surface area contributed by atoms with Gasteiger partial charge in [-0.2, -0.15) is 0 Å². The molecule has 0 unspecified atom stereocenters. The highest BCUT2D eigenvalue weighted by atomic mass is 16.6. The third-order valence-electron chi connectivity index (χ3n) is 8.60. The van der Waals surface area contributed by atoms with Gasteiger partial charge in [0.25, 0.3) is 0 Å². The van der Waals surface area contributed by atoms with E-state index >= 15 is 0 Å². The van der Waals surface area contributed by atoms with Gasteiger partial charge in [0.05, 0.1) is 0 Å². The maximum absolute atomic E-state index is 12.8. The van der Waals surface area contributed by atoms with Crippen molar-refractivity contribution in [3.63, 3.8) is 0 Å². The van der Waals surface area contributed by atoms with Gasteiger partial charge in [-0.3, -0.25) is 14.4 Å². The molecule has 0 spiro atoms. The zero-order valence-corrected chi connectivity index (χ0v) is 17.0. The molecule has 0 radical (unpaired) electrons. The fourth-order valence-corrected chi connectivity index (χ4v) is 7.81. The number of allylic oxidation sites excluding steroid dienone is 1. The van der Waals surface area contributed by atoms with Crippen molar-refractivity contribution in [2.75, 3.05) is 0 Å². The molecule has 27 heavy (non-hydrogen) atoms. The minimum absolute atomic E-state index is 0.00741. The van der Waals surface area contributed by atoms with Gasteiger partial charge in [0, 0.05) is 18.8 Å². The van der Waals surface area contributed by atoms with Crippen LogP contribution < -0.4 is 0 Å². The lowest BCUT2D eigenvalue weighted by atomic mass is 9.47. The molecule has 3 saturated carbocycles. The molecule has 4 rings (SSSR count). The van der Waals surface area contributed by atoms with Gasteiger partial charge >= 0.3 is 5.97 Å². The van der Waals surface area contributed by atoms with E-state index < -0.39 is 5.60 Å². The Bertz CT molecular complexity index is 722. The molecule has 0 bridgehead atoms. The highest BCUT2D eigenvalue weighted by Gasteiger charge is 2.67. The van der Waals surface area contributed by atoms with Crippen molar-refractivity contribution in [1.82, 2.24) is 0 Å². The maximum atomic E-state index is 12.8. The molecule has 4 nitrogen and oxygen atoms in total. The van der Waals surface area contributed by atoms with E-state index in [-0.39, 0.29) is 17.2 Å². The van der Waals surface area contributed by atoms with Crippen molar-refractivity contribution < 1.29 is 19.1 Å². The molecule has 0 heterocycles. The predicted octanol–water partition coefficient (Wildman–Crippen LogP) is 4.27. The molecule has 4 heteroatoms. The Labute approximate surface area is 162 Å². The topological polar surface area (TPSA) is 60.4 Å². The lowest BCUT2D eigenvalue weighted by molar-refractivity contribution is -0.189. The van der Waals surface area contributed by atoms with E-state index in [2.05, 4.69) is 13.8 Å². The van der Waals surface area contributed by atoms with Gasteiger partial charge in [-0.05, 0) is 81.1 Å². The average molecular weight is 373 g/mol. The van der Waals surface area contributed by atoms with Gasteiger partial charge in [0.1, 0.15) is 0 Å². The van der Waals surface area contributed by atoms with E-state index in [1.807, 2.05) is 6.08 Å². The minimum atomic E-state index is -0.957.